The number of ether oxygens (including phenoxy) is 2. The molecule has 6 aliphatic rings. The van der Waals surface area contributed by atoms with Gasteiger partial charge in [-0.15, -0.1) is 0 Å². The van der Waals surface area contributed by atoms with Crippen LogP contribution in [0.1, 0.15) is 94.1 Å². The van der Waals surface area contributed by atoms with Gasteiger partial charge in [0, 0.05) is 116 Å². The van der Waals surface area contributed by atoms with Crippen molar-refractivity contribution < 1.29 is 19.1 Å². The number of piperazine rings is 2. The van der Waals surface area contributed by atoms with Crippen molar-refractivity contribution in [1.29, 1.82) is 0 Å². The maximum absolute atomic E-state index is 11.9. The molecule has 0 radical (unpaired) electrons. The van der Waals surface area contributed by atoms with Crippen LogP contribution in [-0.4, -0.2) is 119 Å². The van der Waals surface area contributed by atoms with Gasteiger partial charge in [0.25, 0.3) is 11.8 Å². The SMILES string of the molecule is C[C@H](c1ccc2c(c1)O[C@@H](C)C2)N1CCN(c2ncc3c(n2)CCNC3=O)CC1.C[C@H]1Cc2ccc([C@H](C)N3CCN(c4ncc5c(n4)CCNC5=O)CC3)cc2O1. The highest BCUT2D eigenvalue weighted by molar-refractivity contribution is 5.96. The lowest BCUT2D eigenvalue weighted by molar-refractivity contribution is 0.0936. The van der Waals surface area contributed by atoms with Crippen LogP contribution in [0.3, 0.4) is 0 Å². The van der Waals surface area contributed by atoms with Crippen molar-refractivity contribution in [3.05, 3.63) is 93.6 Å². The van der Waals surface area contributed by atoms with Gasteiger partial charge in [-0.25, -0.2) is 19.9 Å². The number of carbonyl (C=O) groups is 2. The van der Waals surface area contributed by atoms with Crippen molar-refractivity contribution in [2.75, 3.05) is 75.2 Å². The average molecular weight is 787 g/mol. The van der Waals surface area contributed by atoms with E-state index in [0.29, 0.717) is 36.3 Å². The average Bonchev–Trinajstić information content (AvgIpc) is 3.83. The van der Waals surface area contributed by atoms with Crippen LogP contribution in [0.25, 0.3) is 0 Å². The van der Waals surface area contributed by atoms with Gasteiger partial charge in [0.2, 0.25) is 11.9 Å². The molecule has 2 N–H and O–H groups in total. The third-order valence-corrected chi connectivity index (χ3v) is 12.6. The predicted octanol–water partition coefficient (Wildman–Crippen LogP) is 3.94. The number of aromatic nitrogens is 4. The fraction of sp³-hybridized carbons (Fsp3) is 0.500. The first-order valence-electron chi connectivity index (χ1n) is 21.0. The summed E-state index contributed by atoms with van der Waals surface area (Å²) in [5.74, 6) is 3.45. The molecule has 0 bridgehead atoms. The van der Waals surface area contributed by atoms with Gasteiger partial charge in [-0.2, -0.15) is 0 Å². The summed E-state index contributed by atoms with van der Waals surface area (Å²) in [6, 6.07) is 14.0. The topological polar surface area (TPSA) is 141 Å². The fourth-order valence-corrected chi connectivity index (χ4v) is 9.05. The Balaban J connectivity index is 0.000000150. The van der Waals surface area contributed by atoms with Crippen molar-refractivity contribution in [1.82, 2.24) is 40.4 Å². The highest BCUT2D eigenvalue weighted by atomic mass is 16.5. The zero-order chi connectivity index (χ0) is 39.9. The summed E-state index contributed by atoms with van der Waals surface area (Å²) in [4.78, 5) is 51.5. The normalized spacial score (nSPS) is 22.5. The number of nitrogens with zero attached hydrogens (tertiary/aromatic N) is 8. The van der Waals surface area contributed by atoms with Gasteiger partial charge in [0.05, 0.1) is 22.5 Å². The van der Waals surface area contributed by atoms with E-state index in [4.69, 9.17) is 9.47 Å². The van der Waals surface area contributed by atoms with Crippen LogP contribution in [0.4, 0.5) is 11.9 Å². The minimum atomic E-state index is -0.0656. The third kappa shape index (κ3) is 7.79. The standard InChI is InChI=1S/2C22H27N5O2/c2*1-14-11-17-4-3-16(12-20(17)29-14)15(2)26-7-9-27(10-8-26)22-24-13-18-19(25-22)5-6-23-21(18)28/h2*3-4,12-15H,5-11H2,1-2H3,(H,23,28)/t14-,15+;14-,15-/m00/s1. The Bertz CT molecular complexity index is 2030. The van der Waals surface area contributed by atoms with E-state index < -0.39 is 0 Å². The summed E-state index contributed by atoms with van der Waals surface area (Å²) in [5, 5.41) is 5.68. The maximum Gasteiger partial charge on any atom is 0.254 e. The molecule has 2 aromatic carbocycles. The first-order valence-corrected chi connectivity index (χ1v) is 21.0. The van der Waals surface area contributed by atoms with Crippen LogP contribution in [0, 0.1) is 0 Å². The van der Waals surface area contributed by atoms with Crippen LogP contribution < -0.4 is 29.9 Å². The third-order valence-electron chi connectivity index (χ3n) is 12.6. The molecule has 8 heterocycles. The second-order valence-electron chi connectivity index (χ2n) is 16.5. The van der Waals surface area contributed by atoms with E-state index in [0.717, 1.165) is 113 Å². The summed E-state index contributed by atoms with van der Waals surface area (Å²) in [6.45, 7) is 17.4. The number of nitrogens with one attached hydrogen (secondary N) is 2. The van der Waals surface area contributed by atoms with E-state index in [2.05, 4.69) is 114 Å². The van der Waals surface area contributed by atoms with E-state index in [1.165, 1.54) is 22.3 Å². The summed E-state index contributed by atoms with van der Waals surface area (Å²) < 4.78 is 11.9. The lowest BCUT2D eigenvalue weighted by Crippen LogP contribution is -2.48. The van der Waals surface area contributed by atoms with Crippen LogP contribution in [0.5, 0.6) is 11.5 Å². The first-order chi connectivity index (χ1) is 28.2. The molecule has 2 saturated heterocycles. The number of rotatable bonds is 6. The van der Waals surface area contributed by atoms with Gasteiger partial charge in [-0.3, -0.25) is 19.4 Å². The Morgan fingerprint density at radius 1 is 0.621 bits per heavy atom. The van der Waals surface area contributed by atoms with Crippen molar-refractivity contribution in [3.63, 3.8) is 0 Å². The zero-order valence-electron chi connectivity index (χ0n) is 34.0. The molecule has 0 aliphatic carbocycles. The molecule has 10 rings (SSSR count). The zero-order valence-corrected chi connectivity index (χ0v) is 34.0. The van der Waals surface area contributed by atoms with Gasteiger partial charge in [0.15, 0.2) is 0 Å². The van der Waals surface area contributed by atoms with E-state index in [1.54, 1.807) is 12.4 Å². The highest BCUT2D eigenvalue weighted by Gasteiger charge is 2.29. The number of fused-ring (bicyclic) bond motifs is 4. The number of hydrogen-bond donors (Lipinski definition) is 2. The molecule has 2 amide bonds. The predicted molar refractivity (Wildman–Crippen MR) is 221 cm³/mol. The molecule has 4 atom stereocenters. The smallest absolute Gasteiger partial charge is 0.254 e. The molecular formula is C44H54N10O4. The molecule has 4 aromatic rings. The Morgan fingerprint density at radius 3 is 1.45 bits per heavy atom. The second kappa shape index (κ2) is 16.1. The Hall–Kier alpha value is -5.34. The number of hydrogen-bond acceptors (Lipinski definition) is 12. The van der Waals surface area contributed by atoms with E-state index in [1.807, 2.05) is 0 Å². The number of benzene rings is 2. The summed E-state index contributed by atoms with van der Waals surface area (Å²) >= 11 is 0. The first kappa shape index (κ1) is 38.2. The monoisotopic (exact) mass is 786 g/mol. The van der Waals surface area contributed by atoms with Gasteiger partial charge in [0.1, 0.15) is 23.7 Å². The van der Waals surface area contributed by atoms with Crippen molar-refractivity contribution >= 4 is 23.7 Å². The summed E-state index contributed by atoms with van der Waals surface area (Å²) in [6.07, 6.45) is 7.46. The molecule has 2 fully saturated rings. The maximum atomic E-state index is 11.9. The fourth-order valence-electron chi connectivity index (χ4n) is 9.05. The van der Waals surface area contributed by atoms with Crippen molar-refractivity contribution in [2.45, 2.75) is 77.7 Å². The number of amides is 2. The van der Waals surface area contributed by atoms with E-state index in [9.17, 15) is 9.59 Å². The minimum Gasteiger partial charge on any atom is -0.490 e. The van der Waals surface area contributed by atoms with Gasteiger partial charge in [-0.05, 0) is 62.1 Å². The molecule has 14 heteroatoms. The molecule has 304 valence electrons. The number of carbonyl (C=O) groups excluding carboxylic acids is 2. The van der Waals surface area contributed by atoms with E-state index in [-0.39, 0.29) is 24.0 Å². The molecule has 0 spiro atoms. The molecule has 58 heavy (non-hydrogen) atoms. The quantitative estimate of drug-likeness (QED) is 0.293. The molecule has 6 aliphatic heterocycles. The largest absolute Gasteiger partial charge is 0.490 e. The Kier molecular flexibility index (Phi) is 10.6. The van der Waals surface area contributed by atoms with E-state index >= 15 is 0 Å². The Morgan fingerprint density at radius 2 is 1.03 bits per heavy atom. The van der Waals surface area contributed by atoms with Crippen LogP contribution in [-0.2, 0) is 25.7 Å². The molecule has 2 aromatic heterocycles. The summed E-state index contributed by atoms with van der Waals surface area (Å²) in [7, 11) is 0. The molecule has 14 nitrogen and oxygen atoms in total. The van der Waals surface area contributed by atoms with Crippen molar-refractivity contribution in [3.8, 4) is 11.5 Å². The van der Waals surface area contributed by atoms with Gasteiger partial charge in [-0.1, -0.05) is 24.3 Å². The van der Waals surface area contributed by atoms with Crippen LogP contribution >= 0.6 is 0 Å². The molecule has 0 saturated carbocycles. The lowest BCUT2D eigenvalue weighted by Gasteiger charge is -2.38. The highest BCUT2D eigenvalue weighted by Crippen LogP contribution is 2.35. The van der Waals surface area contributed by atoms with Crippen LogP contribution in [0.15, 0.2) is 48.8 Å². The van der Waals surface area contributed by atoms with Crippen LogP contribution in [0.2, 0.25) is 0 Å². The summed E-state index contributed by atoms with van der Waals surface area (Å²) in [5.41, 5.74) is 8.20. The van der Waals surface area contributed by atoms with Crippen molar-refractivity contribution in [2.24, 2.45) is 0 Å². The van der Waals surface area contributed by atoms with Gasteiger partial charge >= 0.3 is 0 Å². The molecular weight excluding hydrogens is 733 g/mol. The second-order valence-corrected chi connectivity index (χ2v) is 16.5. The molecule has 0 unspecified atom stereocenters. The van der Waals surface area contributed by atoms with Gasteiger partial charge < -0.3 is 29.9 Å². The number of anilines is 2. The Labute approximate surface area is 340 Å². The minimum absolute atomic E-state index is 0.0656. The lowest BCUT2D eigenvalue weighted by atomic mass is 10.0.